The van der Waals surface area contributed by atoms with Gasteiger partial charge >= 0.3 is 11.9 Å². The van der Waals surface area contributed by atoms with Gasteiger partial charge in [-0.25, -0.2) is 9.59 Å². The van der Waals surface area contributed by atoms with Crippen molar-refractivity contribution < 1.29 is 38.7 Å². The molecule has 0 aliphatic carbocycles. The van der Waals surface area contributed by atoms with Gasteiger partial charge in [0.05, 0.1) is 11.1 Å². The summed E-state index contributed by atoms with van der Waals surface area (Å²) in [5, 5.41) is 19.7. The first kappa shape index (κ1) is 24.0. The topological polar surface area (TPSA) is 112 Å². The van der Waals surface area contributed by atoms with E-state index in [2.05, 4.69) is 0 Å². The molecular formula is C20H30O8. The van der Waals surface area contributed by atoms with Gasteiger partial charge in [0.15, 0.2) is 11.6 Å². The quantitative estimate of drug-likeness (QED) is 0.514. The van der Waals surface area contributed by atoms with E-state index in [1.807, 2.05) is 0 Å². The number of aromatic carboxylic acids is 2. The van der Waals surface area contributed by atoms with Crippen molar-refractivity contribution in [3.63, 3.8) is 0 Å². The zero-order valence-corrected chi connectivity index (χ0v) is 17.3. The lowest BCUT2D eigenvalue weighted by molar-refractivity contribution is -0.234. The molecule has 158 valence electrons. The fourth-order valence-corrected chi connectivity index (χ4v) is 3.34. The number of rotatable bonds is 12. The maximum absolute atomic E-state index is 12.3. The minimum Gasteiger partial charge on any atom is -0.478 e. The van der Waals surface area contributed by atoms with E-state index < -0.39 is 23.5 Å². The Morgan fingerprint density at radius 2 is 1.21 bits per heavy atom. The van der Waals surface area contributed by atoms with Crippen LogP contribution < -0.4 is 0 Å². The highest BCUT2D eigenvalue weighted by Crippen LogP contribution is 2.39. The molecular weight excluding hydrogens is 368 g/mol. The van der Waals surface area contributed by atoms with Crippen molar-refractivity contribution in [3.8, 4) is 0 Å². The predicted octanol–water partition coefficient (Wildman–Crippen LogP) is 3.57. The van der Waals surface area contributed by atoms with Crippen molar-refractivity contribution in [3.05, 3.63) is 34.4 Å². The Morgan fingerprint density at radius 1 is 0.786 bits per heavy atom. The maximum atomic E-state index is 12.3. The third-order valence-corrected chi connectivity index (χ3v) is 4.27. The maximum Gasteiger partial charge on any atom is 0.336 e. The lowest BCUT2D eigenvalue weighted by Gasteiger charge is -2.36. The molecule has 0 atom stereocenters. The lowest BCUT2D eigenvalue weighted by atomic mass is 9.87. The Labute approximate surface area is 165 Å². The van der Waals surface area contributed by atoms with Gasteiger partial charge < -0.3 is 29.2 Å². The van der Waals surface area contributed by atoms with E-state index in [4.69, 9.17) is 18.9 Å². The number of carboxylic acids is 2. The van der Waals surface area contributed by atoms with Gasteiger partial charge in [0.25, 0.3) is 0 Å². The number of hydrogen-bond acceptors (Lipinski definition) is 6. The van der Waals surface area contributed by atoms with Crippen molar-refractivity contribution in [2.45, 2.75) is 53.1 Å². The van der Waals surface area contributed by atoms with Crippen LogP contribution in [-0.4, -0.2) is 48.6 Å². The van der Waals surface area contributed by atoms with Crippen LogP contribution in [0.4, 0.5) is 0 Å². The Hall–Kier alpha value is -2.00. The van der Waals surface area contributed by atoms with Crippen LogP contribution >= 0.6 is 0 Å². The zero-order chi connectivity index (χ0) is 21.5. The van der Waals surface area contributed by atoms with Gasteiger partial charge in [-0.1, -0.05) is 6.07 Å². The van der Waals surface area contributed by atoms with Crippen molar-refractivity contribution in [2.75, 3.05) is 26.4 Å². The Kier molecular flexibility index (Phi) is 8.56. The summed E-state index contributed by atoms with van der Waals surface area (Å²) in [7, 11) is 0. The molecule has 0 spiro atoms. The molecule has 1 rings (SSSR count). The second-order valence-electron chi connectivity index (χ2n) is 6.14. The molecule has 1 aromatic carbocycles. The van der Waals surface area contributed by atoms with Gasteiger partial charge in [-0.15, -0.1) is 0 Å². The molecule has 0 fully saturated rings. The van der Waals surface area contributed by atoms with Crippen LogP contribution in [0.15, 0.2) is 12.1 Å². The van der Waals surface area contributed by atoms with Gasteiger partial charge in [-0.05, 0) is 47.6 Å². The Balaban J connectivity index is 3.99. The molecule has 8 nitrogen and oxygen atoms in total. The summed E-state index contributed by atoms with van der Waals surface area (Å²) in [5.41, 5.74) is -0.386. The van der Waals surface area contributed by atoms with Crippen LogP contribution in [-0.2, 0) is 30.5 Å². The van der Waals surface area contributed by atoms with Crippen molar-refractivity contribution in [1.82, 2.24) is 0 Å². The average Bonchev–Trinajstić information content (AvgIpc) is 2.61. The fourth-order valence-electron chi connectivity index (χ4n) is 3.34. The minimum atomic E-state index is -1.58. The van der Waals surface area contributed by atoms with Crippen LogP contribution in [0.1, 0.15) is 73.4 Å². The molecule has 1 aromatic rings. The second-order valence-corrected chi connectivity index (χ2v) is 6.14. The van der Waals surface area contributed by atoms with Crippen molar-refractivity contribution >= 4 is 11.9 Å². The third kappa shape index (κ3) is 4.88. The molecule has 28 heavy (non-hydrogen) atoms. The number of benzene rings is 1. The van der Waals surface area contributed by atoms with E-state index >= 15 is 0 Å². The molecule has 0 saturated heterocycles. The summed E-state index contributed by atoms with van der Waals surface area (Å²) in [6.45, 7) is 11.0. The highest BCUT2D eigenvalue weighted by Gasteiger charge is 2.42. The van der Waals surface area contributed by atoms with E-state index in [9.17, 15) is 19.8 Å². The predicted molar refractivity (Wildman–Crippen MR) is 102 cm³/mol. The third-order valence-electron chi connectivity index (χ3n) is 4.27. The molecule has 0 unspecified atom stereocenters. The lowest BCUT2D eigenvalue weighted by Crippen LogP contribution is -2.38. The number of carbonyl (C=O) groups is 2. The summed E-state index contributed by atoms with van der Waals surface area (Å²) >= 11 is 0. The highest BCUT2D eigenvalue weighted by molar-refractivity contribution is 5.98. The first-order valence-corrected chi connectivity index (χ1v) is 9.32. The summed E-state index contributed by atoms with van der Waals surface area (Å²) in [6.07, 6.45) is 0. The molecule has 0 heterocycles. The second kappa shape index (κ2) is 9.97. The minimum absolute atomic E-state index is 0.0840. The van der Waals surface area contributed by atoms with E-state index in [0.717, 1.165) is 0 Å². The monoisotopic (exact) mass is 398 g/mol. The van der Waals surface area contributed by atoms with Crippen LogP contribution in [0.2, 0.25) is 0 Å². The smallest absolute Gasteiger partial charge is 0.336 e. The molecule has 0 aliphatic rings. The average molecular weight is 398 g/mol. The standard InChI is InChI=1S/C20H30O8/c1-7-25-19(5,26-8-2)14-12-11-13(17(21)22)16(15(14)18(23)24)20(6,27-9-3)28-10-4/h11-12H,7-10H2,1-6H3,(H,21,22)(H,23,24). The normalized spacial score (nSPS) is 12.2. The number of hydrogen-bond donors (Lipinski definition) is 2. The summed E-state index contributed by atoms with van der Waals surface area (Å²) in [5.74, 6) is -5.59. The van der Waals surface area contributed by atoms with Crippen LogP contribution in [0.25, 0.3) is 0 Å². The zero-order valence-electron chi connectivity index (χ0n) is 17.3. The number of ether oxygens (including phenoxy) is 4. The summed E-state index contributed by atoms with van der Waals surface area (Å²) in [6, 6.07) is 2.73. The van der Waals surface area contributed by atoms with Crippen molar-refractivity contribution in [1.29, 1.82) is 0 Å². The van der Waals surface area contributed by atoms with Crippen molar-refractivity contribution in [2.24, 2.45) is 0 Å². The largest absolute Gasteiger partial charge is 0.478 e. The molecule has 0 bridgehead atoms. The first-order valence-electron chi connectivity index (χ1n) is 9.32. The van der Waals surface area contributed by atoms with Crippen LogP contribution in [0.3, 0.4) is 0 Å². The molecule has 2 N–H and O–H groups in total. The Morgan fingerprint density at radius 3 is 1.57 bits per heavy atom. The molecule has 0 aliphatic heterocycles. The van der Waals surface area contributed by atoms with Crippen LogP contribution in [0, 0.1) is 0 Å². The SMILES string of the molecule is CCOC(C)(OCC)c1ccc(C(=O)O)c(C(C)(OCC)OCC)c1C(=O)O. The van der Waals surface area contributed by atoms with E-state index in [0.29, 0.717) is 0 Å². The van der Waals surface area contributed by atoms with E-state index in [1.165, 1.54) is 19.1 Å². The Bertz CT molecular complexity index is 686. The molecule has 0 aromatic heterocycles. The van der Waals surface area contributed by atoms with Gasteiger partial charge in [0.1, 0.15) is 0 Å². The van der Waals surface area contributed by atoms with Gasteiger partial charge in [-0.3, -0.25) is 0 Å². The fraction of sp³-hybridized carbons (Fsp3) is 0.600. The highest BCUT2D eigenvalue weighted by atomic mass is 16.7. The van der Waals surface area contributed by atoms with Gasteiger partial charge in [0, 0.05) is 37.6 Å². The molecule has 0 saturated carbocycles. The molecule has 0 amide bonds. The number of carboxylic acid groups (broad SMARTS) is 2. The summed E-state index contributed by atoms with van der Waals surface area (Å²) < 4.78 is 22.8. The molecule has 0 radical (unpaired) electrons. The molecule has 8 heteroatoms. The summed E-state index contributed by atoms with van der Waals surface area (Å²) in [4.78, 5) is 24.2. The van der Waals surface area contributed by atoms with Crippen LogP contribution in [0.5, 0.6) is 0 Å². The van der Waals surface area contributed by atoms with E-state index in [-0.39, 0.29) is 48.7 Å². The van der Waals surface area contributed by atoms with E-state index in [1.54, 1.807) is 34.6 Å². The van der Waals surface area contributed by atoms with Gasteiger partial charge in [0.2, 0.25) is 0 Å². The van der Waals surface area contributed by atoms with Gasteiger partial charge in [-0.2, -0.15) is 0 Å². The first-order chi connectivity index (χ1) is 13.1.